The van der Waals surface area contributed by atoms with Gasteiger partial charge in [0.05, 0.1) is 26.7 Å². The summed E-state index contributed by atoms with van der Waals surface area (Å²) >= 11 is 0. The van der Waals surface area contributed by atoms with E-state index in [4.69, 9.17) is 9.47 Å². The van der Waals surface area contributed by atoms with Crippen LogP contribution in [0.25, 0.3) is 0 Å². The Kier molecular flexibility index (Phi) is 4.00. The highest BCUT2D eigenvalue weighted by atomic mass is 16.5. The zero-order valence-corrected chi connectivity index (χ0v) is 12.7. The Bertz CT molecular complexity index is 655. The minimum atomic E-state index is -0.0122. The van der Waals surface area contributed by atoms with E-state index in [9.17, 15) is 4.79 Å². The number of H-pyrrole nitrogens is 1. The van der Waals surface area contributed by atoms with Gasteiger partial charge < -0.3 is 19.4 Å². The summed E-state index contributed by atoms with van der Waals surface area (Å²) in [5.74, 6) is 1.71. The van der Waals surface area contributed by atoms with Crippen molar-refractivity contribution in [3.63, 3.8) is 0 Å². The SMILES string of the molecule is COc1cccc(C2CCN(C(=O)c3cnc[nH]3)C2)c1OC. The molecule has 22 heavy (non-hydrogen) atoms. The highest BCUT2D eigenvalue weighted by molar-refractivity contribution is 5.92. The van der Waals surface area contributed by atoms with Crippen molar-refractivity contribution in [2.75, 3.05) is 27.3 Å². The van der Waals surface area contributed by atoms with E-state index in [0.717, 1.165) is 30.0 Å². The molecule has 1 saturated heterocycles. The number of hydrogen-bond donors (Lipinski definition) is 1. The predicted molar refractivity (Wildman–Crippen MR) is 81.4 cm³/mol. The normalized spacial score (nSPS) is 17.5. The maximum absolute atomic E-state index is 12.4. The van der Waals surface area contributed by atoms with Crippen LogP contribution in [-0.2, 0) is 0 Å². The summed E-state index contributed by atoms with van der Waals surface area (Å²) in [6.07, 6.45) is 3.98. The Morgan fingerprint density at radius 3 is 2.91 bits per heavy atom. The van der Waals surface area contributed by atoms with Crippen LogP contribution in [0.4, 0.5) is 0 Å². The summed E-state index contributed by atoms with van der Waals surface area (Å²) in [6, 6.07) is 5.87. The van der Waals surface area contributed by atoms with Crippen molar-refractivity contribution < 1.29 is 14.3 Å². The number of ether oxygens (including phenoxy) is 2. The molecule has 1 aliphatic rings. The number of carbonyl (C=O) groups excluding carboxylic acids is 1. The molecule has 0 saturated carbocycles. The number of aromatic amines is 1. The molecule has 116 valence electrons. The minimum Gasteiger partial charge on any atom is -0.493 e. The topological polar surface area (TPSA) is 67.5 Å². The number of carbonyl (C=O) groups is 1. The molecule has 1 amide bonds. The van der Waals surface area contributed by atoms with Crippen LogP contribution in [0.5, 0.6) is 11.5 Å². The van der Waals surface area contributed by atoms with Crippen LogP contribution >= 0.6 is 0 Å². The third-order valence-electron chi connectivity index (χ3n) is 4.08. The summed E-state index contributed by atoms with van der Waals surface area (Å²) in [4.78, 5) is 21.0. The average Bonchev–Trinajstić information content (AvgIpc) is 3.24. The van der Waals surface area contributed by atoms with Crippen LogP contribution in [0.15, 0.2) is 30.7 Å². The van der Waals surface area contributed by atoms with E-state index >= 15 is 0 Å². The Morgan fingerprint density at radius 2 is 2.23 bits per heavy atom. The first-order chi connectivity index (χ1) is 10.7. The van der Waals surface area contributed by atoms with Gasteiger partial charge in [0.1, 0.15) is 5.69 Å². The van der Waals surface area contributed by atoms with Gasteiger partial charge in [0.2, 0.25) is 0 Å². The van der Waals surface area contributed by atoms with E-state index in [2.05, 4.69) is 9.97 Å². The fourth-order valence-electron chi connectivity index (χ4n) is 2.98. The largest absolute Gasteiger partial charge is 0.493 e. The van der Waals surface area contributed by atoms with Gasteiger partial charge in [0.25, 0.3) is 5.91 Å². The van der Waals surface area contributed by atoms with E-state index < -0.39 is 0 Å². The van der Waals surface area contributed by atoms with Crippen molar-refractivity contribution >= 4 is 5.91 Å². The van der Waals surface area contributed by atoms with Crippen molar-refractivity contribution in [3.8, 4) is 11.5 Å². The first-order valence-corrected chi connectivity index (χ1v) is 7.23. The third-order valence-corrected chi connectivity index (χ3v) is 4.08. The number of methoxy groups -OCH3 is 2. The second-order valence-electron chi connectivity index (χ2n) is 5.28. The highest BCUT2D eigenvalue weighted by Gasteiger charge is 2.30. The van der Waals surface area contributed by atoms with E-state index in [0.29, 0.717) is 12.2 Å². The fraction of sp³-hybridized carbons (Fsp3) is 0.375. The number of nitrogens with zero attached hydrogens (tertiary/aromatic N) is 2. The van der Waals surface area contributed by atoms with Crippen LogP contribution < -0.4 is 9.47 Å². The van der Waals surface area contributed by atoms with E-state index in [1.54, 1.807) is 20.4 Å². The molecule has 6 heteroatoms. The molecule has 1 aromatic carbocycles. The molecule has 0 aliphatic carbocycles. The first kappa shape index (κ1) is 14.4. The Labute approximate surface area is 129 Å². The molecule has 1 N–H and O–H groups in total. The van der Waals surface area contributed by atoms with Crippen LogP contribution in [0.3, 0.4) is 0 Å². The molecule has 6 nitrogen and oxygen atoms in total. The molecule has 1 unspecified atom stereocenters. The predicted octanol–water partition coefficient (Wildman–Crippen LogP) is 2.06. The van der Waals surface area contributed by atoms with Gasteiger partial charge >= 0.3 is 0 Å². The van der Waals surface area contributed by atoms with E-state index in [-0.39, 0.29) is 11.8 Å². The molecular formula is C16H19N3O3. The summed E-state index contributed by atoms with van der Waals surface area (Å²) in [5, 5.41) is 0. The number of para-hydroxylation sites is 1. The number of likely N-dealkylation sites (tertiary alicyclic amines) is 1. The molecule has 1 atom stereocenters. The number of imidazole rings is 1. The maximum atomic E-state index is 12.4. The molecule has 2 heterocycles. The lowest BCUT2D eigenvalue weighted by molar-refractivity contribution is 0.0785. The van der Waals surface area contributed by atoms with E-state index in [1.807, 2.05) is 23.1 Å². The van der Waals surface area contributed by atoms with Gasteiger partial charge in [-0.1, -0.05) is 12.1 Å². The van der Waals surface area contributed by atoms with Gasteiger partial charge in [-0.15, -0.1) is 0 Å². The van der Waals surface area contributed by atoms with Crippen molar-refractivity contribution in [1.29, 1.82) is 0 Å². The lowest BCUT2D eigenvalue weighted by atomic mass is 9.97. The van der Waals surface area contributed by atoms with Crippen LogP contribution in [0.2, 0.25) is 0 Å². The molecule has 1 aromatic heterocycles. The lowest BCUT2D eigenvalue weighted by Gasteiger charge is -2.18. The third kappa shape index (κ3) is 2.52. The van der Waals surface area contributed by atoms with Gasteiger partial charge in [-0.25, -0.2) is 4.98 Å². The number of amides is 1. The van der Waals surface area contributed by atoms with Crippen LogP contribution in [0, 0.1) is 0 Å². The number of aromatic nitrogens is 2. The standard InChI is InChI=1S/C16H19N3O3/c1-21-14-5-3-4-12(15(14)22-2)11-6-7-19(9-11)16(20)13-8-17-10-18-13/h3-5,8,10-11H,6-7,9H2,1-2H3,(H,17,18). The van der Waals surface area contributed by atoms with Gasteiger partial charge in [0, 0.05) is 24.6 Å². The minimum absolute atomic E-state index is 0.0122. The molecule has 1 aliphatic heterocycles. The second kappa shape index (κ2) is 6.09. The Hall–Kier alpha value is -2.50. The molecule has 0 radical (unpaired) electrons. The summed E-state index contributed by atoms with van der Waals surface area (Å²) < 4.78 is 10.9. The Morgan fingerprint density at radius 1 is 1.36 bits per heavy atom. The average molecular weight is 301 g/mol. The maximum Gasteiger partial charge on any atom is 0.271 e. The molecule has 0 bridgehead atoms. The monoisotopic (exact) mass is 301 g/mol. The Balaban J connectivity index is 1.80. The summed E-state index contributed by atoms with van der Waals surface area (Å²) in [5.41, 5.74) is 1.61. The zero-order valence-electron chi connectivity index (χ0n) is 12.7. The van der Waals surface area contributed by atoms with Gasteiger partial charge in [-0.2, -0.15) is 0 Å². The second-order valence-corrected chi connectivity index (χ2v) is 5.28. The number of rotatable bonds is 4. The van der Waals surface area contributed by atoms with Crippen molar-refractivity contribution in [1.82, 2.24) is 14.9 Å². The molecule has 1 fully saturated rings. The lowest BCUT2D eigenvalue weighted by Crippen LogP contribution is -2.28. The highest BCUT2D eigenvalue weighted by Crippen LogP contribution is 2.39. The van der Waals surface area contributed by atoms with Crippen molar-refractivity contribution in [2.24, 2.45) is 0 Å². The summed E-state index contributed by atoms with van der Waals surface area (Å²) in [6.45, 7) is 1.39. The number of benzene rings is 1. The number of hydrogen-bond acceptors (Lipinski definition) is 4. The fourth-order valence-corrected chi connectivity index (χ4v) is 2.98. The van der Waals surface area contributed by atoms with E-state index in [1.165, 1.54) is 6.33 Å². The smallest absolute Gasteiger partial charge is 0.271 e. The molecule has 3 rings (SSSR count). The molecular weight excluding hydrogens is 282 g/mol. The summed E-state index contributed by atoms with van der Waals surface area (Å²) in [7, 11) is 3.27. The van der Waals surface area contributed by atoms with Crippen LogP contribution in [-0.4, -0.2) is 48.1 Å². The quantitative estimate of drug-likeness (QED) is 0.938. The van der Waals surface area contributed by atoms with Crippen molar-refractivity contribution in [3.05, 3.63) is 42.0 Å². The van der Waals surface area contributed by atoms with Crippen LogP contribution in [0.1, 0.15) is 28.4 Å². The number of nitrogens with one attached hydrogen (secondary N) is 1. The van der Waals surface area contributed by atoms with Gasteiger partial charge in [0.15, 0.2) is 11.5 Å². The van der Waals surface area contributed by atoms with Crippen molar-refractivity contribution in [2.45, 2.75) is 12.3 Å². The molecule has 0 spiro atoms. The first-order valence-electron chi connectivity index (χ1n) is 7.23. The zero-order chi connectivity index (χ0) is 15.5. The van der Waals surface area contributed by atoms with Gasteiger partial charge in [-0.05, 0) is 12.5 Å². The van der Waals surface area contributed by atoms with Gasteiger partial charge in [-0.3, -0.25) is 4.79 Å². The molecule has 2 aromatic rings.